The van der Waals surface area contributed by atoms with Gasteiger partial charge < -0.3 is 10.2 Å². The molecule has 0 saturated carbocycles. The second-order valence-electron chi connectivity index (χ2n) is 7.74. The van der Waals surface area contributed by atoms with Crippen LogP contribution in [0.25, 0.3) is 10.6 Å². The molecule has 4 rings (SSSR count). The molecule has 1 unspecified atom stereocenters. The van der Waals surface area contributed by atoms with Crippen molar-refractivity contribution in [3.05, 3.63) is 68.2 Å². The van der Waals surface area contributed by atoms with Crippen molar-refractivity contribution in [2.45, 2.75) is 32.2 Å². The molecule has 160 valence electrons. The van der Waals surface area contributed by atoms with Gasteiger partial charge in [0.15, 0.2) is 6.29 Å². The molecule has 1 atom stereocenters. The van der Waals surface area contributed by atoms with Gasteiger partial charge in [0.2, 0.25) is 5.91 Å². The summed E-state index contributed by atoms with van der Waals surface area (Å²) < 4.78 is 1.19. The smallest absolute Gasteiger partial charge is 0.225 e. The Kier molecular flexibility index (Phi) is 7.02. The van der Waals surface area contributed by atoms with Crippen molar-refractivity contribution >= 4 is 51.8 Å². The molecule has 0 radical (unpaired) electrons. The minimum atomic E-state index is 0.0245. The third-order valence-electron chi connectivity index (χ3n) is 5.50. The molecule has 0 aliphatic carbocycles. The molecule has 1 fully saturated rings. The van der Waals surface area contributed by atoms with Gasteiger partial charge in [0.1, 0.15) is 5.01 Å². The lowest BCUT2D eigenvalue weighted by molar-refractivity contribution is -0.121. The number of aromatic nitrogens is 1. The molecule has 31 heavy (non-hydrogen) atoms. The van der Waals surface area contributed by atoms with Crippen molar-refractivity contribution < 1.29 is 9.59 Å². The van der Waals surface area contributed by atoms with Gasteiger partial charge in [-0.3, -0.25) is 9.59 Å². The molecule has 1 amide bonds. The minimum Gasteiger partial charge on any atom is -0.369 e. The van der Waals surface area contributed by atoms with E-state index in [1.165, 1.54) is 3.57 Å². The van der Waals surface area contributed by atoms with Crippen LogP contribution in [0.3, 0.4) is 0 Å². The minimum absolute atomic E-state index is 0.0245. The van der Waals surface area contributed by atoms with Crippen LogP contribution in [-0.4, -0.2) is 36.3 Å². The second-order valence-corrected chi connectivity index (χ2v) is 10.1. The number of hydrogen-bond donors (Lipinski definition) is 1. The normalized spacial score (nSPS) is 16.2. The van der Waals surface area contributed by atoms with Crippen molar-refractivity contribution in [2.24, 2.45) is 0 Å². The van der Waals surface area contributed by atoms with E-state index in [4.69, 9.17) is 0 Å². The number of carbonyl (C=O) groups is 2. The van der Waals surface area contributed by atoms with E-state index < -0.39 is 0 Å². The number of carbonyl (C=O) groups excluding carboxylic acids is 2. The van der Waals surface area contributed by atoms with Crippen molar-refractivity contribution in [1.82, 2.24) is 10.3 Å². The summed E-state index contributed by atoms with van der Waals surface area (Å²) in [5.74, 6) is 0.0245. The Morgan fingerprint density at radius 2 is 2.03 bits per heavy atom. The Hall–Kier alpha value is -2.26. The van der Waals surface area contributed by atoms with Crippen molar-refractivity contribution in [2.75, 3.05) is 18.0 Å². The lowest BCUT2D eigenvalue weighted by Gasteiger charge is -2.35. The maximum Gasteiger partial charge on any atom is 0.225 e. The van der Waals surface area contributed by atoms with Crippen LogP contribution < -0.4 is 10.2 Å². The number of anilines is 1. The van der Waals surface area contributed by atoms with E-state index >= 15 is 0 Å². The van der Waals surface area contributed by atoms with Gasteiger partial charge in [-0.1, -0.05) is 24.3 Å². The Bertz CT molecular complexity index is 1080. The van der Waals surface area contributed by atoms with Crippen LogP contribution in [0.4, 0.5) is 5.69 Å². The highest BCUT2D eigenvalue weighted by atomic mass is 127. The molecule has 3 aromatic rings. The number of amides is 1. The Morgan fingerprint density at radius 1 is 1.26 bits per heavy atom. The first-order chi connectivity index (χ1) is 15.0. The van der Waals surface area contributed by atoms with Gasteiger partial charge >= 0.3 is 0 Å². The molecule has 1 aromatic heterocycles. The van der Waals surface area contributed by atoms with Gasteiger partial charge in [0.25, 0.3) is 0 Å². The quantitative estimate of drug-likeness (QED) is 0.355. The molecule has 1 N–H and O–H groups in total. The largest absolute Gasteiger partial charge is 0.369 e. The molecule has 7 heteroatoms. The lowest BCUT2D eigenvalue weighted by Crippen LogP contribution is -2.48. The van der Waals surface area contributed by atoms with E-state index in [2.05, 4.69) is 62.1 Å². The highest BCUT2D eigenvalue weighted by molar-refractivity contribution is 14.1. The van der Waals surface area contributed by atoms with Crippen LogP contribution in [0.5, 0.6) is 0 Å². The van der Waals surface area contributed by atoms with Gasteiger partial charge in [0.05, 0.1) is 12.1 Å². The summed E-state index contributed by atoms with van der Waals surface area (Å²) >= 11 is 3.88. The van der Waals surface area contributed by atoms with E-state index in [0.29, 0.717) is 18.5 Å². The van der Waals surface area contributed by atoms with Gasteiger partial charge in [-0.05, 0) is 66.6 Å². The standard InChI is InChI=1S/C24H24IN3O2S/c1-16-22(31-24(26-16)17-8-10-19(25)11-9-17)13-23(30)27-20-6-4-12-28(14-20)21-7-3-2-5-18(21)15-29/h2-3,5,7-11,15,20H,4,6,12-14H2,1H3,(H,27,30). The van der Waals surface area contributed by atoms with Crippen molar-refractivity contribution in [1.29, 1.82) is 0 Å². The molecule has 2 aromatic carbocycles. The van der Waals surface area contributed by atoms with Crippen LogP contribution in [0.15, 0.2) is 48.5 Å². The first kappa shape index (κ1) is 22.0. The third-order valence-corrected chi connectivity index (χ3v) is 7.42. The first-order valence-corrected chi connectivity index (χ1v) is 12.2. The Labute approximate surface area is 200 Å². The monoisotopic (exact) mass is 545 g/mol. The second kappa shape index (κ2) is 9.91. The topological polar surface area (TPSA) is 62.3 Å². The van der Waals surface area contributed by atoms with Crippen molar-refractivity contribution in [3.63, 3.8) is 0 Å². The Morgan fingerprint density at radius 3 is 2.81 bits per heavy atom. The predicted molar refractivity (Wildman–Crippen MR) is 134 cm³/mol. The average Bonchev–Trinajstić information content (AvgIpc) is 3.14. The first-order valence-electron chi connectivity index (χ1n) is 10.3. The summed E-state index contributed by atoms with van der Waals surface area (Å²) in [6.45, 7) is 3.57. The van der Waals surface area contributed by atoms with E-state index in [-0.39, 0.29) is 11.9 Å². The zero-order chi connectivity index (χ0) is 21.8. The van der Waals surface area contributed by atoms with Crippen LogP contribution in [0.2, 0.25) is 0 Å². The van der Waals surface area contributed by atoms with Crippen LogP contribution >= 0.6 is 33.9 Å². The Balaban J connectivity index is 1.40. The number of aryl methyl sites for hydroxylation is 1. The van der Waals surface area contributed by atoms with Gasteiger partial charge in [-0.2, -0.15) is 0 Å². The molecular weight excluding hydrogens is 521 g/mol. The number of piperidine rings is 1. The summed E-state index contributed by atoms with van der Waals surface area (Å²) in [5, 5.41) is 4.15. The predicted octanol–water partition coefficient (Wildman–Crippen LogP) is 4.86. The summed E-state index contributed by atoms with van der Waals surface area (Å²) in [5.41, 5.74) is 3.63. The SMILES string of the molecule is Cc1nc(-c2ccc(I)cc2)sc1CC(=O)NC1CCCN(c2ccccc2C=O)C1. The number of benzene rings is 2. The van der Waals surface area contributed by atoms with E-state index in [0.717, 1.165) is 52.5 Å². The number of thiazole rings is 1. The number of para-hydroxylation sites is 1. The maximum absolute atomic E-state index is 12.8. The number of rotatable bonds is 6. The molecule has 5 nitrogen and oxygen atoms in total. The average molecular weight is 545 g/mol. The van der Waals surface area contributed by atoms with Crippen molar-refractivity contribution in [3.8, 4) is 10.6 Å². The molecule has 0 bridgehead atoms. The van der Waals surface area contributed by atoms with Gasteiger partial charge in [0, 0.05) is 44.4 Å². The number of aldehydes is 1. The summed E-state index contributed by atoms with van der Waals surface area (Å²) in [6, 6.07) is 16.0. The molecule has 1 saturated heterocycles. The number of nitrogens with one attached hydrogen (secondary N) is 1. The summed E-state index contributed by atoms with van der Waals surface area (Å²) in [4.78, 5) is 32.0. The van der Waals surface area contributed by atoms with Gasteiger partial charge in [-0.15, -0.1) is 11.3 Å². The fraction of sp³-hybridized carbons (Fsp3) is 0.292. The highest BCUT2D eigenvalue weighted by Crippen LogP contribution is 2.29. The zero-order valence-corrected chi connectivity index (χ0v) is 20.3. The number of nitrogens with zero attached hydrogens (tertiary/aromatic N) is 2. The number of halogens is 1. The van der Waals surface area contributed by atoms with Crippen LogP contribution in [0.1, 0.15) is 33.8 Å². The van der Waals surface area contributed by atoms with Crippen LogP contribution in [0, 0.1) is 10.5 Å². The highest BCUT2D eigenvalue weighted by Gasteiger charge is 2.23. The fourth-order valence-corrected chi connectivity index (χ4v) is 5.35. The van der Waals surface area contributed by atoms with E-state index in [1.807, 2.05) is 31.2 Å². The van der Waals surface area contributed by atoms with Gasteiger partial charge in [-0.25, -0.2) is 4.98 Å². The molecule has 1 aliphatic heterocycles. The molecule has 1 aliphatic rings. The summed E-state index contributed by atoms with van der Waals surface area (Å²) in [6.07, 6.45) is 3.17. The molecule has 2 heterocycles. The van der Waals surface area contributed by atoms with Crippen LogP contribution in [-0.2, 0) is 11.2 Å². The number of hydrogen-bond acceptors (Lipinski definition) is 5. The molecule has 0 spiro atoms. The fourth-order valence-electron chi connectivity index (χ4n) is 3.92. The molecular formula is C24H24IN3O2S. The zero-order valence-electron chi connectivity index (χ0n) is 17.3. The third kappa shape index (κ3) is 5.33. The van der Waals surface area contributed by atoms with E-state index in [9.17, 15) is 9.59 Å². The summed E-state index contributed by atoms with van der Waals surface area (Å²) in [7, 11) is 0. The van der Waals surface area contributed by atoms with E-state index in [1.54, 1.807) is 11.3 Å². The maximum atomic E-state index is 12.8. The lowest BCUT2D eigenvalue weighted by atomic mass is 10.0.